The van der Waals surface area contributed by atoms with Gasteiger partial charge in [0, 0.05) is 34.0 Å². The average molecular weight is 491 g/mol. The number of hydrogen-bond donors (Lipinski definition) is 0. The molecule has 0 heterocycles. The zero-order valence-electron chi connectivity index (χ0n) is 24.1. The highest BCUT2D eigenvalue weighted by Crippen LogP contribution is 2.39. The molecule has 0 bridgehead atoms. The zero-order chi connectivity index (χ0) is 27.0. The Hall–Kier alpha value is -3.52. The Labute approximate surface area is 224 Å². The van der Waals surface area contributed by atoms with Crippen LogP contribution in [0.1, 0.15) is 63.8 Å². The van der Waals surface area contributed by atoms with E-state index in [2.05, 4.69) is 163 Å². The van der Waals surface area contributed by atoms with Crippen LogP contribution in [0.5, 0.6) is 0 Å². The van der Waals surface area contributed by atoms with Gasteiger partial charge in [0.1, 0.15) is 0 Å². The van der Waals surface area contributed by atoms with Crippen molar-refractivity contribution in [3.63, 3.8) is 0 Å². The van der Waals surface area contributed by atoms with E-state index >= 15 is 0 Å². The van der Waals surface area contributed by atoms with Gasteiger partial charge in [-0.05, 0) is 130 Å². The summed E-state index contributed by atoms with van der Waals surface area (Å²) >= 11 is 0. The van der Waals surface area contributed by atoms with E-state index in [1.54, 1.807) is 0 Å². The Balaban J connectivity index is 1.79. The lowest BCUT2D eigenvalue weighted by Gasteiger charge is -2.38. The fourth-order valence-corrected chi connectivity index (χ4v) is 4.86. The van der Waals surface area contributed by atoms with E-state index in [1.165, 1.54) is 39.3 Å². The normalized spacial score (nSPS) is 11.9. The fourth-order valence-electron chi connectivity index (χ4n) is 4.86. The molecular formula is C35H42N2. The van der Waals surface area contributed by atoms with Crippen LogP contribution in [-0.2, 0) is 5.41 Å². The van der Waals surface area contributed by atoms with E-state index in [-0.39, 0.29) is 11.0 Å². The molecule has 0 aliphatic heterocycles. The monoisotopic (exact) mass is 490 g/mol. The van der Waals surface area contributed by atoms with Gasteiger partial charge in [-0.3, -0.25) is 0 Å². The maximum Gasteiger partial charge on any atom is 0.0464 e. The second-order valence-electron chi connectivity index (χ2n) is 12.3. The minimum absolute atomic E-state index is 0.0636. The van der Waals surface area contributed by atoms with Crippen LogP contribution in [0, 0.1) is 20.8 Å². The van der Waals surface area contributed by atoms with Gasteiger partial charge in [-0.2, -0.15) is 0 Å². The summed E-state index contributed by atoms with van der Waals surface area (Å²) in [4.78, 5) is 4.78. The molecule has 0 aliphatic carbocycles. The molecule has 0 aliphatic rings. The average Bonchev–Trinajstić information content (AvgIpc) is 2.82. The molecule has 0 spiro atoms. The predicted octanol–water partition coefficient (Wildman–Crippen LogP) is 10.3. The van der Waals surface area contributed by atoms with Crippen LogP contribution in [0.3, 0.4) is 0 Å². The minimum Gasteiger partial charge on any atom is -0.336 e. The maximum atomic E-state index is 2.42. The predicted molar refractivity (Wildman–Crippen MR) is 162 cm³/mol. The molecule has 0 atom stereocenters. The van der Waals surface area contributed by atoms with Gasteiger partial charge in [0.15, 0.2) is 0 Å². The van der Waals surface area contributed by atoms with Crippen LogP contribution < -0.4 is 9.80 Å². The summed E-state index contributed by atoms with van der Waals surface area (Å²) in [5.74, 6) is 0. The zero-order valence-corrected chi connectivity index (χ0v) is 24.1. The Morgan fingerprint density at radius 3 is 1.54 bits per heavy atom. The summed E-state index contributed by atoms with van der Waals surface area (Å²) in [5, 5.41) is 0. The molecular weight excluding hydrogens is 448 g/mol. The highest BCUT2D eigenvalue weighted by molar-refractivity contribution is 5.79. The Kier molecular flexibility index (Phi) is 7.24. The molecule has 0 saturated heterocycles. The molecule has 2 heteroatoms. The van der Waals surface area contributed by atoms with E-state index in [0.29, 0.717) is 0 Å². The largest absolute Gasteiger partial charge is 0.336 e. The first kappa shape index (κ1) is 26.5. The number of nitrogens with zero attached hydrogens (tertiary/aromatic N) is 2. The SMILES string of the molecule is Cc1cccc(N(c2ccc(N(c3ccc(C(C)(C)C)cc3)c3ccc(C)c(C)c3)cc2)C(C)(C)C)c1. The third-order valence-corrected chi connectivity index (χ3v) is 7.04. The van der Waals surface area contributed by atoms with Crippen molar-refractivity contribution in [3.05, 3.63) is 113 Å². The Bertz CT molecular complexity index is 1350. The van der Waals surface area contributed by atoms with Gasteiger partial charge in [0.05, 0.1) is 0 Å². The number of hydrogen-bond acceptors (Lipinski definition) is 2. The van der Waals surface area contributed by atoms with Gasteiger partial charge in [-0.25, -0.2) is 0 Å². The van der Waals surface area contributed by atoms with E-state index in [1.807, 2.05) is 0 Å². The van der Waals surface area contributed by atoms with E-state index in [4.69, 9.17) is 0 Å². The van der Waals surface area contributed by atoms with Gasteiger partial charge < -0.3 is 9.80 Å². The summed E-state index contributed by atoms with van der Waals surface area (Å²) in [6, 6.07) is 33.5. The number of anilines is 5. The van der Waals surface area contributed by atoms with Crippen molar-refractivity contribution in [3.8, 4) is 0 Å². The number of aryl methyl sites for hydroxylation is 3. The molecule has 4 aromatic rings. The van der Waals surface area contributed by atoms with Crippen LogP contribution >= 0.6 is 0 Å². The van der Waals surface area contributed by atoms with Crippen molar-refractivity contribution >= 4 is 28.4 Å². The van der Waals surface area contributed by atoms with Gasteiger partial charge in [-0.1, -0.05) is 51.1 Å². The topological polar surface area (TPSA) is 6.48 Å². The fraction of sp³-hybridized carbons (Fsp3) is 0.314. The second kappa shape index (κ2) is 10.1. The molecule has 0 N–H and O–H groups in total. The van der Waals surface area contributed by atoms with Crippen LogP contribution in [0.4, 0.5) is 28.4 Å². The lowest BCUT2D eigenvalue weighted by atomic mass is 9.87. The summed E-state index contributed by atoms with van der Waals surface area (Å²) in [7, 11) is 0. The molecule has 37 heavy (non-hydrogen) atoms. The van der Waals surface area contributed by atoms with Gasteiger partial charge in [0.25, 0.3) is 0 Å². The first-order chi connectivity index (χ1) is 17.3. The highest BCUT2D eigenvalue weighted by Gasteiger charge is 2.24. The minimum atomic E-state index is -0.0636. The first-order valence-corrected chi connectivity index (χ1v) is 13.3. The quantitative estimate of drug-likeness (QED) is 0.274. The van der Waals surface area contributed by atoms with Crippen molar-refractivity contribution < 1.29 is 0 Å². The van der Waals surface area contributed by atoms with Crippen molar-refractivity contribution in [1.82, 2.24) is 0 Å². The second-order valence-corrected chi connectivity index (χ2v) is 12.3. The molecule has 192 valence electrons. The smallest absolute Gasteiger partial charge is 0.0464 e. The first-order valence-electron chi connectivity index (χ1n) is 13.3. The van der Waals surface area contributed by atoms with Crippen molar-refractivity contribution in [2.45, 2.75) is 73.3 Å². The summed E-state index contributed by atoms with van der Waals surface area (Å²) < 4.78 is 0. The number of benzene rings is 4. The summed E-state index contributed by atoms with van der Waals surface area (Å²) in [5.41, 5.74) is 11.1. The van der Waals surface area contributed by atoms with Gasteiger partial charge >= 0.3 is 0 Å². The van der Waals surface area contributed by atoms with Crippen molar-refractivity contribution in [1.29, 1.82) is 0 Å². The Morgan fingerprint density at radius 2 is 1.03 bits per heavy atom. The van der Waals surface area contributed by atoms with E-state index in [0.717, 1.165) is 11.4 Å². The lowest BCUT2D eigenvalue weighted by molar-refractivity contribution is 0.560. The lowest BCUT2D eigenvalue weighted by Crippen LogP contribution is -2.37. The van der Waals surface area contributed by atoms with Crippen LogP contribution in [0.25, 0.3) is 0 Å². The summed E-state index contributed by atoms with van der Waals surface area (Å²) in [6.07, 6.45) is 0. The molecule has 4 rings (SSSR count). The highest BCUT2D eigenvalue weighted by atomic mass is 15.2. The molecule has 0 unspecified atom stereocenters. The van der Waals surface area contributed by atoms with E-state index < -0.39 is 0 Å². The van der Waals surface area contributed by atoms with E-state index in [9.17, 15) is 0 Å². The molecule has 4 aromatic carbocycles. The third kappa shape index (κ3) is 5.91. The molecule has 0 amide bonds. The molecule has 0 saturated carbocycles. The Morgan fingerprint density at radius 1 is 0.486 bits per heavy atom. The van der Waals surface area contributed by atoms with Gasteiger partial charge in [-0.15, -0.1) is 0 Å². The van der Waals surface area contributed by atoms with Gasteiger partial charge in [0.2, 0.25) is 0 Å². The van der Waals surface area contributed by atoms with Crippen LogP contribution in [-0.4, -0.2) is 5.54 Å². The maximum absolute atomic E-state index is 2.42. The van der Waals surface area contributed by atoms with Crippen LogP contribution in [0.2, 0.25) is 0 Å². The third-order valence-electron chi connectivity index (χ3n) is 7.04. The molecule has 0 aromatic heterocycles. The summed E-state index contributed by atoms with van der Waals surface area (Å²) in [6.45, 7) is 20.1. The number of rotatable bonds is 5. The molecule has 2 nitrogen and oxygen atoms in total. The molecule has 0 fully saturated rings. The van der Waals surface area contributed by atoms with Crippen LogP contribution in [0.15, 0.2) is 91.0 Å². The molecule has 0 radical (unpaired) electrons. The van der Waals surface area contributed by atoms with Crippen molar-refractivity contribution in [2.24, 2.45) is 0 Å². The standard InChI is InChI=1S/C35H42N2/c1-25-11-10-12-33(23-25)37(35(7,8)9)31-21-19-30(20-22-31)36(32-16-13-26(2)27(3)24-32)29-17-14-28(15-18-29)34(4,5)6/h10-24H,1-9H3. The van der Waals surface area contributed by atoms with Crippen molar-refractivity contribution in [2.75, 3.05) is 9.80 Å².